The van der Waals surface area contributed by atoms with Gasteiger partial charge in [-0.1, -0.05) is 54.9 Å². The van der Waals surface area contributed by atoms with E-state index in [9.17, 15) is 14.7 Å². The molecule has 0 aliphatic carbocycles. The minimum absolute atomic E-state index is 0.0948. The number of nitrogens with one attached hydrogen (secondary N) is 2. The van der Waals surface area contributed by atoms with E-state index in [1.807, 2.05) is 55.5 Å². The Balaban J connectivity index is 1.53. The zero-order valence-electron chi connectivity index (χ0n) is 23.1. The van der Waals surface area contributed by atoms with E-state index in [4.69, 9.17) is 16.3 Å². The van der Waals surface area contributed by atoms with E-state index >= 15 is 0 Å². The summed E-state index contributed by atoms with van der Waals surface area (Å²) < 4.78 is 7.89. The van der Waals surface area contributed by atoms with Crippen LogP contribution < -0.4 is 10.4 Å². The van der Waals surface area contributed by atoms with E-state index in [1.165, 1.54) is 9.47 Å². The van der Waals surface area contributed by atoms with E-state index in [-0.39, 0.29) is 30.0 Å². The minimum Gasteiger partial charge on any atom is -0.493 e. The minimum atomic E-state index is -0.680. The fourth-order valence-corrected chi connectivity index (χ4v) is 5.70. The molecule has 3 N–H and O–H groups in total. The van der Waals surface area contributed by atoms with Crippen molar-refractivity contribution in [2.75, 3.05) is 20.7 Å². The topological polar surface area (TPSA) is 116 Å². The lowest BCUT2D eigenvalue weighted by atomic mass is 9.92. The molecule has 0 spiro atoms. The van der Waals surface area contributed by atoms with E-state index in [2.05, 4.69) is 37.5 Å². The molecule has 0 saturated carbocycles. The van der Waals surface area contributed by atoms with Crippen LogP contribution in [-0.4, -0.2) is 56.1 Å². The lowest BCUT2D eigenvalue weighted by Crippen LogP contribution is -2.27. The highest BCUT2D eigenvalue weighted by molar-refractivity contribution is 14.1. The van der Waals surface area contributed by atoms with Gasteiger partial charge >= 0.3 is 5.69 Å². The average Bonchev–Trinajstić information content (AvgIpc) is 3.57. The molecule has 5 aromatic rings. The van der Waals surface area contributed by atoms with Crippen molar-refractivity contribution in [1.82, 2.24) is 24.4 Å². The van der Waals surface area contributed by atoms with Crippen molar-refractivity contribution in [3.05, 3.63) is 109 Å². The third-order valence-electron chi connectivity index (χ3n) is 7.08. The monoisotopic (exact) mass is 697 g/mol. The van der Waals surface area contributed by atoms with Gasteiger partial charge in [-0.3, -0.25) is 9.36 Å². The molecule has 5 rings (SSSR count). The van der Waals surface area contributed by atoms with Crippen LogP contribution in [0.1, 0.15) is 30.3 Å². The predicted octanol–water partition coefficient (Wildman–Crippen LogP) is 6.06. The van der Waals surface area contributed by atoms with Crippen molar-refractivity contribution in [2.45, 2.75) is 18.9 Å². The number of hydrogen-bond acceptors (Lipinski definition) is 5. The summed E-state index contributed by atoms with van der Waals surface area (Å²) in [4.78, 5) is 37.6. The van der Waals surface area contributed by atoms with Crippen LogP contribution in [0.2, 0.25) is 5.02 Å². The molecule has 3 aromatic carbocycles. The van der Waals surface area contributed by atoms with Crippen LogP contribution in [0.25, 0.3) is 22.5 Å². The Morgan fingerprint density at radius 1 is 1.10 bits per heavy atom. The van der Waals surface area contributed by atoms with Gasteiger partial charge in [0, 0.05) is 34.7 Å². The SMILES string of the molecule is C[C@@H](c1ccccc1)[C@@H](c1ncc(-c2ccc(I)cc2Cl)[nH]1)n1c(O)c(-c2ccc(OCC(=O)N(C)C)cc2)[nH]c1=O. The van der Waals surface area contributed by atoms with Crippen LogP contribution >= 0.6 is 34.2 Å². The Bertz CT molecular complexity index is 1760. The molecule has 0 unspecified atom stereocenters. The van der Waals surface area contributed by atoms with E-state index in [0.717, 1.165) is 14.7 Å². The number of imidazole rings is 2. The van der Waals surface area contributed by atoms with Gasteiger partial charge in [-0.25, -0.2) is 9.78 Å². The van der Waals surface area contributed by atoms with Crippen LogP contribution in [0, 0.1) is 3.57 Å². The maximum Gasteiger partial charge on any atom is 0.329 e. The Morgan fingerprint density at radius 2 is 1.81 bits per heavy atom. The maximum absolute atomic E-state index is 13.5. The third kappa shape index (κ3) is 6.09. The maximum atomic E-state index is 13.5. The summed E-state index contributed by atoms with van der Waals surface area (Å²) >= 11 is 8.73. The summed E-state index contributed by atoms with van der Waals surface area (Å²) in [7, 11) is 3.32. The molecule has 42 heavy (non-hydrogen) atoms. The Labute approximate surface area is 261 Å². The molecule has 0 bridgehead atoms. The first-order chi connectivity index (χ1) is 20.1. The highest BCUT2D eigenvalue weighted by Gasteiger charge is 2.31. The number of likely N-dealkylation sites (N-methyl/N-ethyl adjacent to an activating group) is 1. The number of H-pyrrole nitrogens is 2. The Kier molecular flexibility index (Phi) is 8.74. The average molecular weight is 698 g/mol. The number of aromatic nitrogens is 4. The van der Waals surface area contributed by atoms with Gasteiger partial charge in [0.1, 0.15) is 23.3 Å². The van der Waals surface area contributed by atoms with Gasteiger partial charge in [-0.15, -0.1) is 0 Å². The number of nitrogens with zero attached hydrogens (tertiary/aromatic N) is 3. The van der Waals surface area contributed by atoms with Gasteiger partial charge in [0.2, 0.25) is 5.88 Å². The highest BCUT2D eigenvalue weighted by Crippen LogP contribution is 2.38. The summed E-state index contributed by atoms with van der Waals surface area (Å²) in [6, 6.07) is 21.6. The van der Waals surface area contributed by atoms with Crippen molar-refractivity contribution in [2.24, 2.45) is 0 Å². The van der Waals surface area contributed by atoms with Gasteiger partial charge in [-0.05, 0) is 64.6 Å². The number of hydrogen-bond donors (Lipinski definition) is 3. The molecule has 2 atom stereocenters. The number of benzene rings is 3. The fraction of sp³-hybridized carbons (Fsp3) is 0.194. The smallest absolute Gasteiger partial charge is 0.329 e. The van der Waals surface area contributed by atoms with Crippen molar-refractivity contribution in [3.8, 4) is 34.1 Å². The summed E-state index contributed by atoms with van der Waals surface area (Å²) in [5, 5.41) is 12.1. The first kappa shape index (κ1) is 29.5. The fourth-order valence-electron chi connectivity index (χ4n) is 4.74. The molecular weight excluding hydrogens is 669 g/mol. The molecule has 216 valence electrons. The van der Waals surface area contributed by atoms with Gasteiger partial charge < -0.3 is 24.7 Å². The van der Waals surface area contributed by atoms with E-state index in [0.29, 0.717) is 27.9 Å². The number of halogens is 2. The number of carbonyl (C=O) groups is 1. The summed E-state index contributed by atoms with van der Waals surface area (Å²) in [6.07, 6.45) is 1.68. The molecule has 0 aliphatic rings. The zero-order valence-corrected chi connectivity index (χ0v) is 26.1. The van der Waals surface area contributed by atoms with Crippen LogP contribution in [-0.2, 0) is 4.79 Å². The van der Waals surface area contributed by atoms with Crippen molar-refractivity contribution < 1.29 is 14.6 Å². The number of aromatic hydroxyl groups is 1. The molecule has 1 amide bonds. The number of ether oxygens (including phenoxy) is 1. The van der Waals surface area contributed by atoms with E-state index < -0.39 is 11.7 Å². The van der Waals surface area contributed by atoms with Gasteiger partial charge in [0.05, 0.1) is 16.9 Å². The zero-order chi connectivity index (χ0) is 30.0. The lowest BCUT2D eigenvalue weighted by Gasteiger charge is -2.24. The van der Waals surface area contributed by atoms with Crippen LogP contribution in [0.15, 0.2) is 83.8 Å². The molecule has 2 heterocycles. The summed E-state index contributed by atoms with van der Waals surface area (Å²) in [5.74, 6) is 0.336. The van der Waals surface area contributed by atoms with Gasteiger partial charge in [-0.2, -0.15) is 0 Å². The number of aromatic amines is 2. The second kappa shape index (κ2) is 12.5. The molecule has 0 radical (unpaired) electrons. The Hall–Kier alpha value is -4.03. The summed E-state index contributed by atoms with van der Waals surface area (Å²) in [5.41, 5.74) is 2.79. The largest absolute Gasteiger partial charge is 0.493 e. The molecule has 0 aliphatic heterocycles. The molecule has 0 fully saturated rings. The van der Waals surface area contributed by atoms with Crippen LogP contribution in [0.5, 0.6) is 11.6 Å². The number of rotatable bonds is 9. The van der Waals surface area contributed by atoms with Crippen LogP contribution in [0.4, 0.5) is 0 Å². The summed E-state index contributed by atoms with van der Waals surface area (Å²) in [6.45, 7) is 1.89. The van der Waals surface area contributed by atoms with E-state index in [1.54, 1.807) is 44.6 Å². The van der Waals surface area contributed by atoms with Crippen molar-refractivity contribution in [1.29, 1.82) is 0 Å². The predicted molar refractivity (Wildman–Crippen MR) is 171 cm³/mol. The Morgan fingerprint density at radius 3 is 2.48 bits per heavy atom. The number of amides is 1. The lowest BCUT2D eigenvalue weighted by molar-refractivity contribution is -0.130. The molecule has 0 saturated heterocycles. The van der Waals surface area contributed by atoms with Crippen molar-refractivity contribution in [3.63, 3.8) is 0 Å². The standard InChI is InChI=1S/C31H29ClIN5O4/c1-18(19-7-5-4-6-8-19)28(29-34-16-25(35-29)23-14-11-21(33)15-24(23)32)38-30(40)27(36-31(38)41)20-9-12-22(13-10-20)42-17-26(39)37(2)3/h4-16,18,28,40H,17H2,1-3H3,(H,34,35)(H,36,41)/t18-,28-/m0/s1. The highest BCUT2D eigenvalue weighted by atomic mass is 127. The van der Waals surface area contributed by atoms with Crippen LogP contribution in [0.3, 0.4) is 0 Å². The first-order valence-electron chi connectivity index (χ1n) is 13.2. The third-order valence-corrected chi connectivity index (χ3v) is 8.06. The second-order valence-corrected chi connectivity index (χ2v) is 11.7. The van der Waals surface area contributed by atoms with Gasteiger partial charge in [0.25, 0.3) is 5.91 Å². The van der Waals surface area contributed by atoms with Crippen molar-refractivity contribution >= 4 is 40.1 Å². The molecule has 11 heteroatoms. The molecule has 2 aromatic heterocycles. The quantitative estimate of drug-likeness (QED) is 0.162. The normalized spacial score (nSPS) is 12.6. The first-order valence-corrected chi connectivity index (χ1v) is 14.6. The number of carbonyl (C=O) groups excluding carboxylic acids is 1. The second-order valence-electron chi connectivity index (χ2n) is 10.1. The van der Waals surface area contributed by atoms with Gasteiger partial charge in [0.15, 0.2) is 6.61 Å². The molecular formula is C31H29ClIN5O4. The molecule has 9 nitrogen and oxygen atoms in total.